The number of imidazole rings is 1. The van der Waals surface area contributed by atoms with Crippen LogP contribution in [0, 0.1) is 0 Å². The Morgan fingerprint density at radius 1 is 1.06 bits per heavy atom. The maximum absolute atomic E-state index is 4.42. The minimum atomic E-state index is 0.974. The van der Waals surface area contributed by atoms with Gasteiger partial charge in [-0.15, -0.1) is 0 Å². The smallest absolute Gasteiger partial charge is 0.137 e. The summed E-state index contributed by atoms with van der Waals surface area (Å²) < 4.78 is 2.10. The van der Waals surface area contributed by atoms with Crippen molar-refractivity contribution in [2.24, 2.45) is 0 Å². The Hall–Kier alpha value is -2.55. The van der Waals surface area contributed by atoms with Gasteiger partial charge in [-0.3, -0.25) is 4.40 Å². The predicted octanol–water partition coefficient (Wildman–Crippen LogP) is 3.48. The molecule has 4 rings (SSSR count). The lowest BCUT2D eigenvalue weighted by Crippen LogP contribution is -1.86. The molecule has 0 radical (unpaired) electrons. The fourth-order valence-electron chi connectivity index (χ4n) is 2.36. The lowest BCUT2D eigenvalue weighted by Gasteiger charge is -2.02. The molecule has 4 aromatic rings. The van der Waals surface area contributed by atoms with Gasteiger partial charge in [-0.05, 0) is 30.3 Å². The standard InChI is InChI=1S/C15H11N3/c1-2-8-18-14(10-17-15(18)3-1)12-4-5-13-11(9-12)6-7-16-13/h1-10,16H. The van der Waals surface area contributed by atoms with Crippen LogP contribution >= 0.6 is 0 Å². The van der Waals surface area contributed by atoms with Crippen molar-refractivity contribution >= 4 is 16.6 Å². The van der Waals surface area contributed by atoms with E-state index in [1.54, 1.807) is 0 Å². The van der Waals surface area contributed by atoms with Gasteiger partial charge in [-0.25, -0.2) is 4.98 Å². The lowest BCUT2D eigenvalue weighted by atomic mass is 10.1. The molecular weight excluding hydrogens is 222 g/mol. The van der Waals surface area contributed by atoms with E-state index in [0.29, 0.717) is 0 Å². The van der Waals surface area contributed by atoms with E-state index in [1.807, 2.05) is 36.8 Å². The van der Waals surface area contributed by atoms with Crippen LogP contribution < -0.4 is 0 Å². The third-order valence-electron chi connectivity index (χ3n) is 3.27. The highest BCUT2D eigenvalue weighted by molar-refractivity contribution is 5.84. The molecule has 3 aromatic heterocycles. The first kappa shape index (κ1) is 9.48. The molecular formula is C15H11N3. The van der Waals surface area contributed by atoms with Crippen molar-refractivity contribution in [2.75, 3.05) is 0 Å². The van der Waals surface area contributed by atoms with E-state index in [9.17, 15) is 0 Å². The zero-order valence-electron chi connectivity index (χ0n) is 9.67. The number of H-pyrrole nitrogens is 1. The van der Waals surface area contributed by atoms with Crippen molar-refractivity contribution in [2.45, 2.75) is 0 Å². The van der Waals surface area contributed by atoms with Crippen LogP contribution in [0.3, 0.4) is 0 Å². The fourth-order valence-corrected chi connectivity index (χ4v) is 2.36. The summed E-state index contributed by atoms with van der Waals surface area (Å²) in [5.41, 5.74) is 4.43. The summed E-state index contributed by atoms with van der Waals surface area (Å²) in [5.74, 6) is 0. The number of fused-ring (bicyclic) bond motifs is 2. The van der Waals surface area contributed by atoms with Crippen molar-refractivity contribution in [3.8, 4) is 11.3 Å². The van der Waals surface area contributed by atoms with Crippen LogP contribution in [-0.4, -0.2) is 14.4 Å². The number of rotatable bonds is 1. The molecule has 0 spiro atoms. The van der Waals surface area contributed by atoms with Gasteiger partial charge in [0.15, 0.2) is 0 Å². The number of pyridine rings is 1. The molecule has 0 saturated heterocycles. The van der Waals surface area contributed by atoms with E-state index in [2.05, 4.69) is 38.6 Å². The Morgan fingerprint density at radius 2 is 2.06 bits per heavy atom. The Kier molecular flexibility index (Phi) is 1.83. The van der Waals surface area contributed by atoms with E-state index in [1.165, 1.54) is 10.9 Å². The summed E-state index contributed by atoms with van der Waals surface area (Å²) in [6.45, 7) is 0. The van der Waals surface area contributed by atoms with Gasteiger partial charge in [0.1, 0.15) is 5.65 Å². The number of aromatic amines is 1. The van der Waals surface area contributed by atoms with E-state index in [0.717, 1.165) is 16.9 Å². The van der Waals surface area contributed by atoms with E-state index in [4.69, 9.17) is 0 Å². The second-order valence-corrected chi connectivity index (χ2v) is 4.35. The van der Waals surface area contributed by atoms with Crippen LogP contribution in [0.1, 0.15) is 0 Å². The largest absolute Gasteiger partial charge is 0.361 e. The van der Waals surface area contributed by atoms with Crippen LogP contribution in [0.15, 0.2) is 61.1 Å². The second kappa shape index (κ2) is 3.47. The summed E-state index contributed by atoms with van der Waals surface area (Å²) in [4.78, 5) is 7.62. The summed E-state index contributed by atoms with van der Waals surface area (Å²) in [6, 6.07) is 14.5. The number of aromatic nitrogens is 3. The molecule has 18 heavy (non-hydrogen) atoms. The van der Waals surface area contributed by atoms with Crippen LogP contribution in [-0.2, 0) is 0 Å². The van der Waals surface area contributed by atoms with Gasteiger partial charge in [-0.1, -0.05) is 12.1 Å². The van der Waals surface area contributed by atoms with E-state index in [-0.39, 0.29) is 0 Å². The highest BCUT2D eigenvalue weighted by atomic mass is 15.0. The molecule has 3 heteroatoms. The average Bonchev–Trinajstić information content (AvgIpc) is 3.04. The minimum absolute atomic E-state index is 0.974. The summed E-state index contributed by atoms with van der Waals surface area (Å²) >= 11 is 0. The zero-order chi connectivity index (χ0) is 11.9. The number of hydrogen-bond donors (Lipinski definition) is 1. The third kappa shape index (κ3) is 1.27. The van der Waals surface area contributed by atoms with E-state index >= 15 is 0 Å². The quantitative estimate of drug-likeness (QED) is 0.536. The number of benzene rings is 1. The summed E-state index contributed by atoms with van der Waals surface area (Å²) in [5, 5.41) is 1.22. The van der Waals surface area contributed by atoms with Gasteiger partial charge in [0.25, 0.3) is 0 Å². The molecule has 1 N–H and O–H groups in total. The van der Waals surface area contributed by atoms with Crippen molar-refractivity contribution in [1.82, 2.24) is 14.4 Å². The molecule has 0 unspecified atom stereocenters. The van der Waals surface area contributed by atoms with Crippen molar-refractivity contribution in [1.29, 1.82) is 0 Å². The highest BCUT2D eigenvalue weighted by Crippen LogP contribution is 2.24. The van der Waals surface area contributed by atoms with Gasteiger partial charge in [0, 0.05) is 28.9 Å². The topological polar surface area (TPSA) is 33.1 Å². The molecule has 86 valence electrons. The molecule has 1 aromatic carbocycles. The number of nitrogens with one attached hydrogen (secondary N) is 1. The molecule has 0 atom stereocenters. The van der Waals surface area contributed by atoms with Crippen LogP contribution in [0.4, 0.5) is 0 Å². The number of hydrogen-bond acceptors (Lipinski definition) is 1. The molecule has 0 amide bonds. The Bertz CT molecular complexity index is 839. The lowest BCUT2D eigenvalue weighted by molar-refractivity contribution is 1.19. The summed E-state index contributed by atoms with van der Waals surface area (Å²) in [7, 11) is 0. The fraction of sp³-hybridized carbons (Fsp3) is 0. The van der Waals surface area contributed by atoms with Crippen molar-refractivity contribution in [3.05, 3.63) is 61.1 Å². The first-order valence-electron chi connectivity index (χ1n) is 5.91. The monoisotopic (exact) mass is 233 g/mol. The predicted molar refractivity (Wildman–Crippen MR) is 72.5 cm³/mol. The maximum atomic E-state index is 4.42. The first-order valence-corrected chi connectivity index (χ1v) is 5.91. The minimum Gasteiger partial charge on any atom is -0.361 e. The maximum Gasteiger partial charge on any atom is 0.137 e. The van der Waals surface area contributed by atoms with Gasteiger partial charge < -0.3 is 4.98 Å². The molecule has 0 bridgehead atoms. The summed E-state index contributed by atoms with van der Waals surface area (Å²) in [6.07, 6.45) is 5.92. The van der Waals surface area contributed by atoms with Gasteiger partial charge in [-0.2, -0.15) is 0 Å². The number of nitrogens with zero attached hydrogens (tertiary/aromatic N) is 2. The zero-order valence-corrected chi connectivity index (χ0v) is 9.67. The Balaban J connectivity index is 2.00. The molecule has 0 aliphatic carbocycles. The van der Waals surface area contributed by atoms with Gasteiger partial charge in [0.2, 0.25) is 0 Å². The van der Waals surface area contributed by atoms with Gasteiger partial charge >= 0.3 is 0 Å². The molecule has 0 fully saturated rings. The van der Waals surface area contributed by atoms with Crippen molar-refractivity contribution < 1.29 is 0 Å². The first-order chi connectivity index (χ1) is 8.92. The SMILES string of the molecule is c1ccn2c(-c3ccc4[nH]ccc4c3)cnc2c1. The van der Waals surface area contributed by atoms with Crippen LogP contribution in [0.5, 0.6) is 0 Å². The van der Waals surface area contributed by atoms with Gasteiger partial charge in [0.05, 0.1) is 11.9 Å². The van der Waals surface area contributed by atoms with Crippen LogP contribution in [0.2, 0.25) is 0 Å². The molecule has 3 heterocycles. The Morgan fingerprint density at radius 3 is 3.06 bits per heavy atom. The van der Waals surface area contributed by atoms with Crippen LogP contribution in [0.25, 0.3) is 27.8 Å². The normalized spacial score (nSPS) is 11.3. The highest BCUT2D eigenvalue weighted by Gasteiger charge is 2.05. The van der Waals surface area contributed by atoms with E-state index < -0.39 is 0 Å². The molecule has 0 aliphatic heterocycles. The molecule has 3 nitrogen and oxygen atoms in total. The third-order valence-corrected chi connectivity index (χ3v) is 3.27. The average molecular weight is 233 g/mol. The Labute approximate surface area is 104 Å². The molecule has 0 saturated carbocycles. The van der Waals surface area contributed by atoms with Crippen molar-refractivity contribution in [3.63, 3.8) is 0 Å². The molecule has 0 aliphatic rings. The second-order valence-electron chi connectivity index (χ2n) is 4.35.